The zero-order valence-corrected chi connectivity index (χ0v) is 10.3. The Balaban J connectivity index is 2.43. The molecule has 1 unspecified atom stereocenters. The highest BCUT2D eigenvalue weighted by molar-refractivity contribution is 7.80. The molecule has 0 saturated heterocycles. The number of hydrogen-bond donors (Lipinski definition) is 2. The van der Waals surface area contributed by atoms with E-state index in [0.717, 1.165) is 6.42 Å². The minimum atomic E-state index is -0.518. The van der Waals surface area contributed by atoms with Crippen molar-refractivity contribution < 1.29 is 4.79 Å². The molecule has 1 saturated carbocycles. The van der Waals surface area contributed by atoms with Crippen LogP contribution in [0, 0.1) is 5.92 Å². The van der Waals surface area contributed by atoms with Gasteiger partial charge in [0.25, 0.3) is 0 Å². The van der Waals surface area contributed by atoms with E-state index in [0.29, 0.717) is 17.3 Å². The highest BCUT2D eigenvalue weighted by Crippen LogP contribution is 2.29. The van der Waals surface area contributed by atoms with Crippen molar-refractivity contribution in [2.24, 2.45) is 11.7 Å². The molecule has 1 atom stereocenters. The van der Waals surface area contributed by atoms with Crippen molar-refractivity contribution in [3.8, 4) is 0 Å². The molecule has 3 N–H and O–H groups in total. The third-order valence-corrected chi connectivity index (χ3v) is 3.82. The molecule has 0 heterocycles. The van der Waals surface area contributed by atoms with Crippen molar-refractivity contribution >= 4 is 23.1 Å². The fourth-order valence-corrected chi connectivity index (χ4v) is 1.84. The molecule has 0 radical (unpaired) electrons. The Hall–Kier alpha value is -0.640. The van der Waals surface area contributed by atoms with Gasteiger partial charge < -0.3 is 11.1 Å². The van der Waals surface area contributed by atoms with Crippen LogP contribution in [-0.4, -0.2) is 16.4 Å². The summed E-state index contributed by atoms with van der Waals surface area (Å²) in [6, 6.07) is 0. The predicted octanol–water partition coefficient (Wildman–Crippen LogP) is 1.75. The van der Waals surface area contributed by atoms with Crippen LogP contribution in [0.3, 0.4) is 0 Å². The summed E-state index contributed by atoms with van der Waals surface area (Å²) in [4.78, 5) is 12.1. The minimum absolute atomic E-state index is 0.0804. The second-order valence-electron chi connectivity index (χ2n) is 4.60. The van der Waals surface area contributed by atoms with E-state index in [9.17, 15) is 4.79 Å². The number of thiocarbonyl (C=S) groups is 1. The maximum Gasteiger partial charge on any atom is 0.221 e. The van der Waals surface area contributed by atoms with Crippen molar-refractivity contribution in [1.29, 1.82) is 0 Å². The Morgan fingerprint density at radius 3 is 2.53 bits per heavy atom. The van der Waals surface area contributed by atoms with Gasteiger partial charge in [-0.3, -0.25) is 4.79 Å². The van der Waals surface area contributed by atoms with Gasteiger partial charge in [-0.2, -0.15) is 0 Å². The average molecular weight is 228 g/mol. The summed E-state index contributed by atoms with van der Waals surface area (Å²) in [6.45, 7) is 3.86. The van der Waals surface area contributed by atoms with Gasteiger partial charge in [-0.05, 0) is 32.1 Å². The third kappa shape index (κ3) is 3.16. The molecule has 15 heavy (non-hydrogen) atoms. The summed E-state index contributed by atoms with van der Waals surface area (Å²) < 4.78 is 0. The van der Waals surface area contributed by atoms with Gasteiger partial charge in [0.1, 0.15) is 0 Å². The summed E-state index contributed by atoms with van der Waals surface area (Å²) >= 11 is 4.97. The standard InChI is InChI=1S/C11H20N2OS/c1-3-11(2,10(12)15)13-9(14)7-8-5-4-6-8/h8H,3-7H2,1-2H3,(H2,12,15)(H,13,14). The Bertz CT molecular complexity index is 263. The van der Waals surface area contributed by atoms with Gasteiger partial charge in [-0.1, -0.05) is 25.6 Å². The van der Waals surface area contributed by atoms with E-state index in [1.165, 1.54) is 19.3 Å². The summed E-state index contributed by atoms with van der Waals surface area (Å²) in [7, 11) is 0. The lowest BCUT2D eigenvalue weighted by Crippen LogP contribution is -2.54. The fourth-order valence-electron chi connectivity index (χ4n) is 1.64. The number of amides is 1. The van der Waals surface area contributed by atoms with E-state index in [4.69, 9.17) is 18.0 Å². The first-order chi connectivity index (χ1) is 6.98. The zero-order chi connectivity index (χ0) is 11.5. The molecule has 3 nitrogen and oxygen atoms in total. The highest BCUT2D eigenvalue weighted by atomic mass is 32.1. The van der Waals surface area contributed by atoms with Crippen LogP contribution in [0.5, 0.6) is 0 Å². The molecule has 1 amide bonds. The lowest BCUT2D eigenvalue weighted by atomic mass is 9.82. The second-order valence-corrected chi connectivity index (χ2v) is 5.04. The van der Waals surface area contributed by atoms with Crippen molar-refractivity contribution in [2.75, 3.05) is 0 Å². The average Bonchev–Trinajstić information content (AvgIpc) is 2.11. The quantitative estimate of drug-likeness (QED) is 0.705. The van der Waals surface area contributed by atoms with E-state index in [1.807, 2.05) is 13.8 Å². The van der Waals surface area contributed by atoms with Crippen molar-refractivity contribution in [2.45, 2.75) is 51.5 Å². The van der Waals surface area contributed by atoms with Crippen LogP contribution < -0.4 is 11.1 Å². The van der Waals surface area contributed by atoms with Crippen molar-refractivity contribution in [1.82, 2.24) is 5.32 Å². The maximum absolute atomic E-state index is 11.7. The maximum atomic E-state index is 11.7. The number of nitrogens with one attached hydrogen (secondary N) is 1. The molecular formula is C11H20N2OS. The summed E-state index contributed by atoms with van der Waals surface area (Å²) in [5, 5.41) is 2.94. The zero-order valence-electron chi connectivity index (χ0n) is 9.51. The first-order valence-corrected chi connectivity index (χ1v) is 5.99. The number of hydrogen-bond acceptors (Lipinski definition) is 2. The SMILES string of the molecule is CCC(C)(NC(=O)CC1CCC1)C(N)=S. The lowest BCUT2D eigenvalue weighted by Gasteiger charge is -2.31. The number of carbonyl (C=O) groups excluding carboxylic acids is 1. The number of rotatable bonds is 5. The third-order valence-electron chi connectivity index (χ3n) is 3.37. The molecule has 0 bridgehead atoms. The Kier molecular flexibility index (Phi) is 4.08. The molecule has 0 aromatic heterocycles. The van der Waals surface area contributed by atoms with Crippen LogP contribution in [0.2, 0.25) is 0 Å². The van der Waals surface area contributed by atoms with Crippen LogP contribution in [0.15, 0.2) is 0 Å². The molecule has 1 rings (SSSR count). The monoisotopic (exact) mass is 228 g/mol. The molecule has 0 spiro atoms. The summed E-state index contributed by atoms with van der Waals surface area (Å²) in [5.41, 5.74) is 5.11. The van der Waals surface area contributed by atoms with Crippen molar-refractivity contribution in [3.63, 3.8) is 0 Å². The molecule has 1 aliphatic rings. The Labute approximate surface area is 96.8 Å². The Morgan fingerprint density at radius 2 is 2.20 bits per heavy atom. The number of carbonyl (C=O) groups is 1. The first kappa shape index (κ1) is 12.4. The van der Waals surface area contributed by atoms with Gasteiger partial charge in [0, 0.05) is 6.42 Å². The van der Waals surface area contributed by atoms with Crippen LogP contribution in [0.1, 0.15) is 46.0 Å². The van der Waals surface area contributed by atoms with Crippen molar-refractivity contribution in [3.05, 3.63) is 0 Å². The molecular weight excluding hydrogens is 208 g/mol. The van der Waals surface area contributed by atoms with Crippen LogP contribution in [0.4, 0.5) is 0 Å². The smallest absolute Gasteiger partial charge is 0.221 e. The fraction of sp³-hybridized carbons (Fsp3) is 0.818. The van der Waals surface area contributed by atoms with Gasteiger partial charge in [0.05, 0.1) is 10.5 Å². The second kappa shape index (κ2) is 4.92. The number of nitrogens with two attached hydrogens (primary N) is 1. The summed E-state index contributed by atoms with van der Waals surface area (Å²) in [5.74, 6) is 0.661. The molecule has 0 aliphatic heterocycles. The van der Waals surface area contributed by atoms with Gasteiger partial charge in [-0.15, -0.1) is 0 Å². The van der Waals surface area contributed by atoms with Crippen LogP contribution >= 0.6 is 12.2 Å². The van der Waals surface area contributed by atoms with Gasteiger partial charge in [-0.25, -0.2) is 0 Å². The molecule has 86 valence electrons. The van der Waals surface area contributed by atoms with E-state index in [-0.39, 0.29) is 5.91 Å². The van der Waals surface area contributed by atoms with E-state index in [1.54, 1.807) is 0 Å². The van der Waals surface area contributed by atoms with Gasteiger partial charge in [0.15, 0.2) is 0 Å². The molecule has 1 fully saturated rings. The van der Waals surface area contributed by atoms with Crippen LogP contribution in [-0.2, 0) is 4.79 Å². The normalized spacial score (nSPS) is 20.1. The largest absolute Gasteiger partial charge is 0.391 e. The van der Waals surface area contributed by atoms with E-state index in [2.05, 4.69) is 5.32 Å². The van der Waals surface area contributed by atoms with Crippen LogP contribution in [0.25, 0.3) is 0 Å². The van der Waals surface area contributed by atoms with Gasteiger partial charge in [0.2, 0.25) is 5.91 Å². The Morgan fingerprint density at radius 1 is 1.60 bits per heavy atom. The topological polar surface area (TPSA) is 55.1 Å². The molecule has 1 aliphatic carbocycles. The molecule has 4 heteroatoms. The minimum Gasteiger partial charge on any atom is -0.391 e. The lowest BCUT2D eigenvalue weighted by molar-refractivity contribution is -0.123. The highest BCUT2D eigenvalue weighted by Gasteiger charge is 2.29. The van der Waals surface area contributed by atoms with Gasteiger partial charge >= 0.3 is 0 Å². The molecule has 0 aromatic rings. The summed E-state index contributed by atoms with van der Waals surface area (Å²) in [6.07, 6.45) is 4.99. The van der Waals surface area contributed by atoms with E-state index >= 15 is 0 Å². The molecule has 0 aromatic carbocycles. The van der Waals surface area contributed by atoms with E-state index < -0.39 is 5.54 Å². The first-order valence-electron chi connectivity index (χ1n) is 5.59. The predicted molar refractivity (Wildman–Crippen MR) is 65.6 cm³/mol.